The van der Waals surface area contributed by atoms with E-state index in [2.05, 4.69) is 51.8 Å². The van der Waals surface area contributed by atoms with Gasteiger partial charge in [0.25, 0.3) is 0 Å². The second-order valence-corrected chi connectivity index (χ2v) is 10.8. The molecule has 1 aliphatic rings. The fraction of sp³-hybridized carbons (Fsp3) is 0.381. The van der Waals surface area contributed by atoms with Gasteiger partial charge in [-0.3, -0.25) is 4.79 Å². The molecule has 34 heavy (non-hydrogen) atoms. The van der Waals surface area contributed by atoms with E-state index in [1.54, 1.807) is 30.2 Å². The summed E-state index contributed by atoms with van der Waals surface area (Å²) in [6, 6.07) is 1.88. The van der Waals surface area contributed by atoms with Crippen molar-refractivity contribution in [3.63, 3.8) is 0 Å². The summed E-state index contributed by atoms with van der Waals surface area (Å²) in [5, 5.41) is 21.6. The molecule has 5 rings (SSSR count). The Bertz CT molecular complexity index is 1410. The molecule has 1 saturated carbocycles. The number of hydrogen-bond acceptors (Lipinski definition) is 9. The van der Waals surface area contributed by atoms with Gasteiger partial charge in [0, 0.05) is 24.7 Å². The second kappa shape index (κ2) is 8.82. The highest BCUT2D eigenvalue weighted by Crippen LogP contribution is 2.39. The molecule has 0 aromatic carbocycles. The number of nitrogens with zero attached hydrogens (tertiary/aromatic N) is 7. The Morgan fingerprint density at radius 3 is 2.85 bits per heavy atom. The quantitative estimate of drug-likeness (QED) is 0.371. The van der Waals surface area contributed by atoms with Crippen LogP contribution in [0.1, 0.15) is 31.2 Å². The van der Waals surface area contributed by atoms with Crippen LogP contribution < -0.4 is 10.6 Å². The minimum Gasteiger partial charge on any atom is -0.359 e. The highest BCUT2D eigenvalue weighted by atomic mass is 79.9. The smallest absolute Gasteiger partial charge is 0.225 e. The number of carbonyl (C=O) groups is 1. The number of rotatable bonds is 5. The van der Waals surface area contributed by atoms with Crippen molar-refractivity contribution >= 4 is 61.8 Å². The zero-order valence-electron chi connectivity index (χ0n) is 18.6. The molecule has 0 radical (unpaired) electrons. The molecule has 4 heterocycles. The molecule has 13 heteroatoms. The molecule has 4 aromatic rings. The normalized spacial score (nSPS) is 20.1. The monoisotopic (exact) mass is 561 g/mol. The van der Waals surface area contributed by atoms with Crippen molar-refractivity contribution in [1.29, 1.82) is 0 Å². The number of halogens is 2. The van der Waals surface area contributed by atoms with Crippen molar-refractivity contribution in [3.05, 3.63) is 33.1 Å². The molecule has 2 atom stereocenters. The number of aryl methyl sites for hydroxylation is 1. The second-order valence-electron chi connectivity index (χ2n) is 8.51. The standard InChI is InChI=1S/C21H21BrClN9OS/c1-10-29-30-18(34-10)15-14(23)6-12(8-25-15)32-17-13(16(22)31-32)9-26-20(28-17)27-11-4-5-21(2,7-11)19(33)24-3/h6,8-9,11H,4-5,7H2,1-3H3,(H,24,33)(H,26,27,28)/t11?,21-/m1/s1. The molecule has 0 aliphatic heterocycles. The number of aromatic nitrogens is 7. The van der Waals surface area contributed by atoms with E-state index in [9.17, 15) is 4.79 Å². The third-order valence-corrected chi connectivity index (χ3v) is 7.75. The SMILES string of the molecule is CNC(=O)[C@]1(C)CCC(Nc2ncc3c(Br)nn(-c4cnc(-c5nnc(C)s5)c(Cl)c4)c3n2)C1. The summed E-state index contributed by atoms with van der Waals surface area (Å²) in [6.45, 7) is 3.88. The lowest BCUT2D eigenvalue weighted by molar-refractivity contribution is -0.129. The van der Waals surface area contributed by atoms with Gasteiger partial charge in [-0.05, 0) is 48.2 Å². The topological polar surface area (TPSA) is 123 Å². The molecule has 0 spiro atoms. The van der Waals surface area contributed by atoms with Crippen LogP contribution in [0.5, 0.6) is 0 Å². The molecule has 1 unspecified atom stereocenters. The molecular formula is C21H21BrClN9OS. The fourth-order valence-corrected chi connectivity index (χ4v) is 5.71. The van der Waals surface area contributed by atoms with E-state index in [1.165, 1.54) is 11.3 Å². The van der Waals surface area contributed by atoms with Gasteiger partial charge >= 0.3 is 0 Å². The molecule has 10 nitrogen and oxygen atoms in total. The predicted octanol–water partition coefficient (Wildman–Crippen LogP) is 4.17. The first-order chi connectivity index (χ1) is 16.3. The van der Waals surface area contributed by atoms with Gasteiger partial charge in [0.15, 0.2) is 10.7 Å². The van der Waals surface area contributed by atoms with Crippen LogP contribution in [0.25, 0.3) is 27.4 Å². The Balaban J connectivity index is 1.45. The van der Waals surface area contributed by atoms with Gasteiger partial charge in [-0.2, -0.15) is 10.1 Å². The Hall–Kier alpha value is -2.70. The first-order valence-corrected chi connectivity index (χ1v) is 12.6. The Labute approximate surface area is 212 Å². The lowest BCUT2D eigenvalue weighted by Gasteiger charge is -2.22. The maximum absolute atomic E-state index is 12.2. The van der Waals surface area contributed by atoms with Crippen LogP contribution in [-0.2, 0) is 4.79 Å². The molecule has 1 fully saturated rings. The van der Waals surface area contributed by atoms with E-state index >= 15 is 0 Å². The molecule has 0 saturated heterocycles. The summed E-state index contributed by atoms with van der Waals surface area (Å²) >= 11 is 11.5. The fourth-order valence-electron chi connectivity index (χ4n) is 4.27. The van der Waals surface area contributed by atoms with Gasteiger partial charge in [0.2, 0.25) is 11.9 Å². The van der Waals surface area contributed by atoms with Crippen LogP contribution >= 0.6 is 38.9 Å². The minimum atomic E-state index is -0.392. The van der Waals surface area contributed by atoms with E-state index in [-0.39, 0.29) is 11.9 Å². The third-order valence-electron chi connectivity index (χ3n) is 6.03. The number of anilines is 1. The highest BCUT2D eigenvalue weighted by Gasteiger charge is 2.41. The summed E-state index contributed by atoms with van der Waals surface area (Å²) in [4.78, 5) is 25.9. The number of amides is 1. The van der Waals surface area contributed by atoms with Gasteiger partial charge in [-0.15, -0.1) is 10.2 Å². The Morgan fingerprint density at radius 2 is 2.15 bits per heavy atom. The van der Waals surface area contributed by atoms with Gasteiger partial charge < -0.3 is 10.6 Å². The number of carbonyl (C=O) groups excluding carboxylic acids is 1. The summed E-state index contributed by atoms with van der Waals surface area (Å²) in [5.74, 6) is 0.541. The van der Waals surface area contributed by atoms with Crippen LogP contribution in [0.15, 0.2) is 23.1 Å². The van der Waals surface area contributed by atoms with Gasteiger partial charge in [-0.25, -0.2) is 14.6 Å². The first kappa shape index (κ1) is 23.1. The molecule has 4 aromatic heterocycles. The Morgan fingerprint density at radius 1 is 1.32 bits per heavy atom. The van der Waals surface area contributed by atoms with E-state index < -0.39 is 5.41 Å². The number of fused-ring (bicyclic) bond motifs is 1. The van der Waals surface area contributed by atoms with E-state index in [1.807, 2.05) is 13.8 Å². The average Bonchev–Trinajstić information content (AvgIpc) is 3.51. The van der Waals surface area contributed by atoms with E-state index in [0.717, 1.165) is 23.2 Å². The van der Waals surface area contributed by atoms with Gasteiger partial charge in [0.05, 0.1) is 22.3 Å². The summed E-state index contributed by atoms with van der Waals surface area (Å²) in [7, 11) is 1.67. The van der Waals surface area contributed by atoms with Gasteiger partial charge in [-0.1, -0.05) is 29.9 Å². The molecule has 1 amide bonds. The zero-order valence-corrected chi connectivity index (χ0v) is 21.8. The van der Waals surface area contributed by atoms with Crippen LogP contribution in [0.2, 0.25) is 5.02 Å². The molecule has 1 aliphatic carbocycles. The van der Waals surface area contributed by atoms with E-state index in [4.69, 9.17) is 16.6 Å². The molecule has 0 bridgehead atoms. The van der Waals surface area contributed by atoms with Crippen molar-refractivity contribution in [1.82, 2.24) is 40.2 Å². The van der Waals surface area contributed by atoms with Crippen LogP contribution in [0.3, 0.4) is 0 Å². The van der Waals surface area contributed by atoms with Gasteiger partial charge in [0.1, 0.15) is 15.3 Å². The lowest BCUT2D eigenvalue weighted by atomic mass is 9.87. The van der Waals surface area contributed by atoms with Crippen molar-refractivity contribution in [3.8, 4) is 16.4 Å². The van der Waals surface area contributed by atoms with Crippen LogP contribution in [0, 0.1) is 12.3 Å². The van der Waals surface area contributed by atoms with Crippen molar-refractivity contribution in [2.45, 2.75) is 39.2 Å². The molecular weight excluding hydrogens is 542 g/mol. The highest BCUT2D eigenvalue weighted by molar-refractivity contribution is 9.10. The molecule has 2 N–H and O–H groups in total. The third kappa shape index (κ3) is 4.14. The number of pyridine rings is 1. The largest absolute Gasteiger partial charge is 0.359 e. The summed E-state index contributed by atoms with van der Waals surface area (Å²) < 4.78 is 2.28. The lowest BCUT2D eigenvalue weighted by Crippen LogP contribution is -2.35. The summed E-state index contributed by atoms with van der Waals surface area (Å²) in [6.07, 6.45) is 5.78. The Kier molecular flexibility index (Phi) is 5.98. The summed E-state index contributed by atoms with van der Waals surface area (Å²) in [5.41, 5.74) is 1.44. The van der Waals surface area contributed by atoms with Crippen molar-refractivity contribution in [2.75, 3.05) is 12.4 Å². The maximum atomic E-state index is 12.2. The van der Waals surface area contributed by atoms with Crippen LogP contribution in [-0.4, -0.2) is 53.9 Å². The number of nitrogens with one attached hydrogen (secondary N) is 2. The molecule has 176 valence electrons. The maximum Gasteiger partial charge on any atom is 0.225 e. The van der Waals surface area contributed by atoms with Crippen LogP contribution in [0.4, 0.5) is 5.95 Å². The minimum absolute atomic E-state index is 0.0618. The van der Waals surface area contributed by atoms with E-state index in [0.29, 0.717) is 44.0 Å². The van der Waals surface area contributed by atoms with Crippen molar-refractivity contribution < 1.29 is 4.79 Å². The number of hydrogen-bond donors (Lipinski definition) is 2. The zero-order chi connectivity index (χ0) is 24.0. The predicted molar refractivity (Wildman–Crippen MR) is 134 cm³/mol. The van der Waals surface area contributed by atoms with Crippen molar-refractivity contribution in [2.24, 2.45) is 5.41 Å². The first-order valence-electron chi connectivity index (χ1n) is 10.6. The average molecular weight is 563 g/mol.